The highest BCUT2D eigenvalue weighted by atomic mass is 35.5. The van der Waals surface area contributed by atoms with Crippen LogP contribution in [0.2, 0.25) is 5.02 Å². The van der Waals surface area contributed by atoms with Crippen LogP contribution in [0.5, 0.6) is 5.75 Å². The van der Waals surface area contributed by atoms with Gasteiger partial charge in [-0.2, -0.15) is 0 Å². The normalized spacial score (nSPS) is 37.6. The van der Waals surface area contributed by atoms with E-state index in [9.17, 15) is 19.8 Å². The number of hydrogen-bond acceptors (Lipinski definition) is 8. The second-order valence-corrected chi connectivity index (χ2v) is 11.2. The first-order valence-corrected chi connectivity index (χ1v) is 13.3. The van der Waals surface area contributed by atoms with Gasteiger partial charge >= 0.3 is 6.09 Å². The summed E-state index contributed by atoms with van der Waals surface area (Å²) in [5, 5.41) is 25.3. The van der Waals surface area contributed by atoms with E-state index in [1.54, 1.807) is 26.1 Å². The largest absolute Gasteiger partial charge is 0.495 e. The summed E-state index contributed by atoms with van der Waals surface area (Å²) >= 11 is 6.58. The first-order valence-electron chi connectivity index (χ1n) is 12.9. The minimum Gasteiger partial charge on any atom is -0.495 e. The van der Waals surface area contributed by atoms with E-state index in [0.717, 1.165) is 11.1 Å². The molecule has 0 radical (unpaired) electrons. The molecule has 39 heavy (non-hydrogen) atoms. The molecule has 2 fully saturated rings. The van der Waals surface area contributed by atoms with Crippen molar-refractivity contribution in [2.24, 2.45) is 5.92 Å². The molecule has 3 N–H and O–H groups in total. The highest BCUT2D eigenvalue weighted by Crippen LogP contribution is 2.48. The Bertz CT molecular complexity index is 1190. The third kappa shape index (κ3) is 5.81. The number of benzene rings is 1. The molecule has 3 aliphatic rings. The van der Waals surface area contributed by atoms with Gasteiger partial charge in [-0.3, -0.25) is 10.1 Å². The Hall–Kier alpha value is -2.63. The number of aliphatic hydroxyl groups is 2. The van der Waals surface area contributed by atoms with E-state index in [1.807, 2.05) is 32.1 Å². The Morgan fingerprint density at radius 1 is 1.26 bits per heavy atom. The van der Waals surface area contributed by atoms with Gasteiger partial charge in [-0.15, -0.1) is 0 Å². The highest BCUT2D eigenvalue weighted by molar-refractivity contribution is 6.35. The number of nitrogens with zero attached hydrogens (tertiary/aromatic N) is 1. The molecule has 10 nitrogen and oxygen atoms in total. The van der Waals surface area contributed by atoms with Crippen LogP contribution in [0.4, 0.5) is 10.5 Å². The van der Waals surface area contributed by atoms with Crippen molar-refractivity contribution in [3.8, 4) is 5.75 Å². The SMILES string of the molecule is COc1cc2cc(c1Cl)N(C)C(=O)CC(O)[C@]1(C)OC1C(C)C1CC(O)(NC(=O)O1)C(OC)/C=C/C=C(\C)C2. The lowest BCUT2D eigenvalue weighted by atomic mass is 9.84. The van der Waals surface area contributed by atoms with Gasteiger partial charge in [0.05, 0.1) is 31.4 Å². The van der Waals surface area contributed by atoms with Crippen LogP contribution in [0.3, 0.4) is 0 Å². The van der Waals surface area contributed by atoms with Crippen molar-refractivity contribution >= 4 is 29.3 Å². The van der Waals surface area contributed by atoms with Gasteiger partial charge in [0, 0.05) is 26.5 Å². The smallest absolute Gasteiger partial charge is 0.409 e. The third-order valence-electron chi connectivity index (χ3n) is 7.98. The fourth-order valence-electron chi connectivity index (χ4n) is 5.46. The van der Waals surface area contributed by atoms with Crippen molar-refractivity contribution in [3.05, 3.63) is 46.5 Å². The Morgan fingerprint density at radius 3 is 2.64 bits per heavy atom. The number of carbonyl (C=O) groups excluding carboxylic acids is 2. The number of alkyl carbamates (subject to hydrolysis) is 1. The van der Waals surface area contributed by atoms with Gasteiger partial charge in [-0.1, -0.05) is 42.3 Å². The third-order valence-corrected chi connectivity index (χ3v) is 8.36. The summed E-state index contributed by atoms with van der Waals surface area (Å²) in [5.41, 5.74) is -0.479. The van der Waals surface area contributed by atoms with Gasteiger partial charge in [0.15, 0.2) is 5.72 Å². The molecule has 3 aliphatic heterocycles. The van der Waals surface area contributed by atoms with E-state index in [-0.39, 0.29) is 23.8 Å². The first kappa shape index (κ1) is 29.4. The fraction of sp³-hybridized carbons (Fsp3) is 0.571. The van der Waals surface area contributed by atoms with Crippen molar-refractivity contribution in [1.29, 1.82) is 0 Å². The van der Waals surface area contributed by atoms with Crippen LogP contribution in [0, 0.1) is 5.92 Å². The van der Waals surface area contributed by atoms with Gasteiger partial charge in [0.2, 0.25) is 5.91 Å². The molecule has 2 amide bonds. The van der Waals surface area contributed by atoms with E-state index < -0.39 is 47.8 Å². The monoisotopic (exact) mass is 564 g/mol. The Balaban J connectivity index is 1.74. The van der Waals surface area contributed by atoms with E-state index in [2.05, 4.69) is 5.32 Å². The number of hydrogen-bond donors (Lipinski definition) is 3. The zero-order chi connectivity index (χ0) is 28.7. The Labute approximate surface area is 233 Å². The van der Waals surface area contributed by atoms with Crippen LogP contribution in [0.1, 0.15) is 39.2 Å². The fourth-order valence-corrected chi connectivity index (χ4v) is 5.78. The summed E-state index contributed by atoms with van der Waals surface area (Å²) in [6.07, 6.45) is 1.63. The number of rotatable bonds is 2. The lowest BCUT2D eigenvalue weighted by Gasteiger charge is -2.42. The van der Waals surface area contributed by atoms with E-state index in [0.29, 0.717) is 17.9 Å². The van der Waals surface area contributed by atoms with Crippen molar-refractivity contribution < 1.29 is 38.7 Å². The topological polar surface area (TPSA) is 130 Å². The van der Waals surface area contributed by atoms with Gasteiger partial charge in [0.1, 0.15) is 28.6 Å². The number of methoxy groups -OCH3 is 2. The highest BCUT2D eigenvalue weighted by Gasteiger charge is 2.62. The zero-order valence-corrected chi connectivity index (χ0v) is 23.8. The molecule has 7 atom stereocenters. The molecule has 214 valence electrons. The number of carbonyl (C=O) groups is 2. The standard InChI is InChI=1S/C28H37ClN2O8/c1-15-8-7-9-22(37-6)28(35)14-20(38-26(34)30-28)16(2)25-27(3,39-25)21(32)13-23(33)31(4)18-11-17(10-15)12-19(36-5)24(18)29/h7-9,11-12,16,20-22,25,32,35H,10,13-14H2,1-6H3,(H,30,34)/b9-7+,15-8+/t16?,20?,21?,22?,25?,27-,28?/m0/s1. The van der Waals surface area contributed by atoms with E-state index in [1.165, 1.54) is 19.1 Å². The number of aliphatic hydroxyl groups excluding tert-OH is 1. The summed E-state index contributed by atoms with van der Waals surface area (Å²) in [5.74, 6) is -0.323. The molecule has 6 unspecified atom stereocenters. The minimum absolute atomic E-state index is 0.0310. The van der Waals surface area contributed by atoms with Crippen molar-refractivity contribution in [2.75, 3.05) is 26.2 Å². The summed E-state index contributed by atoms with van der Waals surface area (Å²) in [6, 6.07) is 3.63. The number of fused-ring (bicyclic) bond motifs is 5. The molecule has 4 rings (SSSR count). The van der Waals surface area contributed by atoms with Gasteiger partial charge in [0.25, 0.3) is 0 Å². The lowest BCUT2D eigenvalue weighted by molar-refractivity contribution is -0.142. The first-order chi connectivity index (χ1) is 18.3. The quantitative estimate of drug-likeness (QED) is 0.467. The van der Waals surface area contributed by atoms with E-state index in [4.69, 9.17) is 30.5 Å². The maximum absolute atomic E-state index is 13.3. The van der Waals surface area contributed by atoms with Crippen molar-refractivity contribution in [3.63, 3.8) is 0 Å². The molecular formula is C28H37ClN2O8. The van der Waals surface area contributed by atoms with Gasteiger partial charge in [-0.25, -0.2) is 4.79 Å². The molecule has 0 saturated carbocycles. The summed E-state index contributed by atoms with van der Waals surface area (Å²) < 4.78 is 22.4. The maximum Gasteiger partial charge on any atom is 0.409 e. The van der Waals surface area contributed by atoms with Crippen LogP contribution in [0.25, 0.3) is 0 Å². The number of allylic oxidation sites excluding steroid dienone is 3. The number of nitrogens with one attached hydrogen (secondary N) is 1. The molecule has 1 aromatic carbocycles. The molecule has 4 bridgehead atoms. The second kappa shape index (κ2) is 11.1. The van der Waals surface area contributed by atoms with Crippen LogP contribution in [-0.2, 0) is 25.4 Å². The summed E-state index contributed by atoms with van der Waals surface area (Å²) in [7, 11) is 4.56. The molecule has 3 heterocycles. The number of amides is 2. The molecule has 0 aromatic heterocycles. The molecule has 11 heteroatoms. The molecular weight excluding hydrogens is 528 g/mol. The second-order valence-electron chi connectivity index (χ2n) is 10.8. The molecule has 0 aliphatic carbocycles. The number of ether oxygens (including phenoxy) is 4. The maximum atomic E-state index is 13.3. The Kier molecular flexibility index (Phi) is 8.35. The average molecular weight is 565 g/mol. The average Bonchev–Trinajstić information content (AvgIpc) is 3.58. The van der Waals surface area contributed by atoms with Crippen LogP contribution in [-0.4, -0.2) is 79.2 Å². The molecule has 1 aromatic rings. The number of epoxide rings is 1. The zero-order valence-electron chi connectivity index (χ0n) is 23.1. The van der Waals surface area contributed by atoms with Gasteiger partial charge < -0.3 is 34.1 Å². The summed E-state index contributed by atoms with van der Waals surface area (Å²) in [6.45, 7) is 5.48. The van der Waals surface area contributed by atoms with Crippen LogP contribution in [0.15, 0.2) is 35.9 Å². The lowest BCUT2D eigenvalue weighted by Crippen LogP contribution is -2.63. The number of halogens is 1. The predicted octanol–water partition coefficient (Wildman–Crippen LogP) is 3.12. The summed E-state index contributed by atoms with van der Waals surface area (Å²) in [4.78, 5) is 27.1. The van der Waals surface area contributed by atoms with E-state index >= 15 is 0 Å². The van der Waals surface area contributed by atoms with Gasteiger partial charge in [-0.05, 0) is 38.0 Å². The predicted molar refractivity (Wildman–Crippen MR) is 145 cm³/mol. The minimum atomic E-state index is -1.73. The number of anilines is 1. The molecule has 2 saturated heterocycles. The van der Waals surface area contributed by atoms with Crippen molar-refractivity contribution in [2.45, 2.75) is 75.8 Å². The van der Waals surface area contributed by atoms with Crippen molar-refractivity contribution in [1.82, 2.24) is 5.32 Å². The Morgan fingerprint density at radius 2 is 1.97 bits per heavy atom. The molecule has 0 spiro atoms. The van der Waals surface area contributed by atoms with Crippen LogP contribution < -0.4 is 15.0 Å². The van der Waals surface area contributed by atoms with Crippen LogP contribution >= 0.6 is 11.6 Å².